The van der Waals surface area contributed by atoms with Crippen molar-refractivity contribution in [1.29, 1.82) is 5.26 Å². The number of nitrogens with zero attached hydrogens (tertiary/aromatic N) is 3. The Balaban J connectivity index is 1.62. The van der Waals surface area contributed by atoms with Crippen LogP contribution in [0.3, 0.4) is 0 Å². The van der Waals surface area contributed by atoms with Crippen molar-refractivity contribution in [2.45, 2.75) is 40.0 Å². The molecule has 0 saturated carbocycles. The van der Waals surface area contributed by atoms with Crippen LogP contribution in [0.25, 0.3) is 0 Å². The lowest BCUT2D eigenvalue weighted by atomic mass is 10.0. The summed E-state index contributed by atoms with van der Waals surface area (Å²) in [6, 6.07) is 17.4. The zero-order chi connectivity index (χ0) is 22.9. The number of para-hydroxylation sites is 1. The number of carbonyl (C=O) groups is 1. The highest BCUT2D eigenvalue weighted by atomic mass is 16.5. The van der Waals surface area contributed by atoms with Crippen molar-refractivity contribution < 1.29 is 9.53 Å². The van der Waals surface area contributed by atoms with Gasteiger partial charge in [0.05, 0.1) is 5.56 Å². The minimum absolute atomic E-state index is 0.0353. The van der Waals surface area contributed by atoms with E-state index in [9.17, 15) is 10.1 Å². The maximum Gasteiger partial charge on any atom is 0.261 e. The van der Waals surface area contributed by atoms with Crippen molar-refractivity contribution in [3.63, 3.8) is 0 Å². The Morgan fingerprint density at radius 2 is 1.66 bits per heavy atom. The van der Waals surface area contributed by atoms with Gasteiger partial charge < -0.3 is 15.0 Å². The molecule has 1 aliphatic heterocycles. The average molecular weight is 435 g/mol. The molecular weight excluding hydrogens is 400 g/mol. The molecule has 1 aliphatic rings. The SMILES string of the molecule is CCN1CCN(Cc2ccccc2CNC(=O)C(Oc2ccccc2C#N)C(C)C)CC1. The van der Waals surface area contributed by atoms with Crippen molar-refractivity contribution >= 4 is 5.91 Å². The lowest BCUT2D eigenvalue weighted by molar-refractivity contribution is -0.130. The molecule has 0 radical (unpaired) electrons. The fraction of sp³-hybridized carbons (Fsp3) is 0.462. The van der Waals surface area contributed by atoms with Gasteiger partial charge in [0.1, 0.15) is 11.8 Å². The summed E-state index contributed by atoms with van der Waals surface area (Å²) in [5, 5.41) is 12.4. The largest absolute Gasteiger partial charge is 0.479 e. The molecule has 2 aromatic carbocycles. The number of carbonyl (C=O) groups excluding carboxylic acids is 1. The summed E-state index contributed by atoms with van der Waals surface area (Å²) in [6.45, 7) is 12.9. The van der Waals surface area contributed by atoms with E-state index in [0.717, 1.165) is 44.8 Å². The highest BCUT2D eigenvalue weighted by Crippen LogP contribution is 2.21. The van der Waals surface area contributed by atoms with Crippen LogP contribution in [-0.2, 0) is 17.9 Å². The van der Waals surface area contributed by atoms with Gasteiger partial charge in [-0.3, -0.25) is 9.69 Å². The van der Waals surface area contributed by atoms with E-state index >= 15 is 0 Å². The van der Waals surface area contributed by atoms with E-state index in [1.807, 2.05) is 26.0 Å². The second-order valence-electron chi connectivity index (χ2n) is 8.59. The molecule has 0 spiro atoms. The van der Waals surface area contributed by atoms with Crippen LogP contribution in [0.4, 0.5) is 0 Å². The topological polar surface area (TPSA) is 68.6 Å². The van der Waals surface area contributed by atoms with E-state index in [-0.39, 0.29) is 11.8 Å². The number of rotatable bonds is 9. The van der Waals surface area contributed by atoms with Gasteiger partial charge >= 0.3 is 0 Å². The molecule has 1 atom stereocenters. The van der Waals surface area contributed by atoms with Crippen molar-refractivity contribution in [3.8, 4) is 11.8 Å². The number of ether oxygens (including phenoxy) is 1. The molecule has 1 amide bonds. The van der Waals surface area contributed by atoms with Gasteiger partial charge in [-0.05, 0) is 35.7 Å². The molecule has 170 valence electrons. The quantitative estimate of drug-likeness (QED) is 0.655. The van der Waals surface area contributed by atoms with Gasteiger partial charge in [-0.1, -0.05) is 57.2 Å². The number of piperazine rings is 1. The maximum absolute atomic E-state index is 13.0. The third kappa shape index (κ3) is 6.32. The maximum atomic E-state index is 13.0. The number of hydrogen-bond donors (Lipinski definition) is 1. The summed E-state index contributed by atoms with van der Waals surface area (Å²) in [7, 11) is 0. The first-order chi connectivity index (χ1) is 15.5. The molecule has 1 fully saturated rings. The van der Waals surface area contributed by atoms with Crippen LogP contribution in [0.2, 0.25) is 0 Å². The van der Waals surface area contributed by atoms with Crippen molar-refractivity contribution in [1.82, 2.24) is 15.1 Å². The summed E-state index contributed by atoms with van der Waals surface area (Å²) >= 11 is 0. The molecule has 1 N–H and O–H groups in total. The molecule has 0 bridgehead atoms. The number of nitrogens with one attached hydrogen (secondary N) is 1. The zero-order valence-electron chi connectivity index (χ0n) is 19.4. The minimum Gasteiger partial charge on any atom is -0.479 e. The molecule has 6 nitrogen and oxygen atoms in total. The van der Waals surface area contributed by atoms with Crippen LogP contribution in [0.15, 0.2) is 48.5 Å². The van der Waals surface area contributed by atoms with Gasteiger partial charge in [0.25, 0.3) is 5.91 Å². The summed E-state index contributed by atoms with van der Waals surface area (Å²) < 4.78 is 5.97. The number of nitriles is 1. The molecule has 0 aromatic heterocycles. The Kier molecular flexibility index (Phi) is 8.66. The monoisotopic (exact) mass is 434 g/mol. The third-order valence-corrected chi connectivity index (χ3v) is 6.00. The van der Waals surface area contributed by atoms with Gasteiger partial charge in [-0.2, -0.15) is 5.26 Å². The Bertz CT molecular complexity index is 929. The predicted octanol–water partition coefficient (Wildman–Crippen LogP) is 3.42. The van der Waals surface area contributed by atoms with Crippen LogP contribution >= 0.6 is 0 Å². The van der Waals surface area contributed by atoms with E-state index < -0.39 is 6.10 Å². The number of hydrogen-bond acceptors (Lipinski definition) is 5. The van der Waals surface area contributed by atoms with E-state index in [1.54, 1.807) is 18.2 Å². The molecule has 32 heavy (non-hydrogen) atoms. The Morgan fingerprint density at radius 3 is 2.31 bits per heavy atom. The summed E-state index contributed by atoms with van der Waals surface area (Å²) in [4.78, 5) is 17.9. The molecular formula is C26H34N4O2. The van der Waals surface area contributed by atoms with Crippen LogP contribution in [-0.4, -0.2) is 54.5 Å². The Labute approximate surface area is 191 Å². The van der Waals surface area contributed by atoms with E-state index in [1.165, 1.54) is 5.56 Å². The smallest absolute Gasteiger partial charge is 0.261 e. The number of benzene rings is 2. The van der Waals surface area contributed by atoms with Gasteiger partial charge in [0, 0.05) is 39.3 Å². The van der Waals surface area contributed by atoms with Gasteiger partial charge in [0.2, 0.25) is 0 Å². The first-order valence-electron chi connectivity index (χ1n) is 11.5. The van der Waals surface area contributed by atoms with E-state index in [0.29, 0.717) is 17.9 Å². The molecule has 0 aliphatic carbocycles. The molecule has 2 aromatic rings. The molecule has 3 rings (SSSR count). The number of likely N-dealkylation sites (N-methyl/N-ethyl adjacent to an activating group) is 1. The van der Waals surface area contributed by atoms with Gasteiger partial charge in [-0.15, -0.1) is 0 Å². The van der Waals surface area contributed by atoms with Gasteiger partial charge in [-0.25, -0.2) is 0 Å². The Morgan fingerprint density at radius 1 is 1.03 bits per heavy atom. The average Bonchev–Trinajstić information content (AvgIpc) is 2.82. The fourth-order valence-corrected chi connectivity index (χ4v) is 3.96. The number of amides is 1. The van der Waals surface area contributed by atoms with Crippen LogP contribution in [0, 0.1) is 17.2 Å². The molecule has 1 saturated heterocycles. The van der Waals surface area contributed by atoms with E-state index in [4.69, 9.17) is 4.74 Å². The third-order valence-electron chi connectivity index (χ3n) is 6.00. The van der Waals surface area contributed by atoms with Crippen molar-refractivity contribution in [2.24, 2.45) is 5.92 Å². The summed E-state index contributed by atoms with van der Waals surface area (Å²) in [5.41, 5.74) is 2.80. The first-order valence-corrected chi connectivity index (χ1v) is 11.5. The minimum atomic E-state index is -0.668. The Hall–Kier alpha value is -2.88. The van der Waals surface area contributed by atoms with Crippen LogP contribution < -0.4 is 10.1 Å². The van der Waals surface area contributed by atoms with Crippen molar-refractivity contribution in [3.05, 3.63) is 65.2 Å². The molecule has 6 heteroatoms. The highest BCUT2D eigenvalue weighted by Gasteiger charge is 2.25. The van der Waals surface area contributed by atoms with Crippen LogP contribution in [0.5, 0.6) is 5.75 Å². The fourth-order valence-electron chi connectivity index (χ4n) is 3.96. The predicted molar refractivity (Wildman–Crippen MR) is 126 cm³/mol. The lowest BCUT2D eigenvalue weighted by Gasteiger charge is -2.34. The standard InChI is InChI=1S/C26H34N4O2/c1-4-29-13-15-30(16-14-29)19-23-11-6-5-10-22(23)18-28-26(31)25(20(2)3)32-24-12-8-7-9-21(24)17-27/h5-12,20,25H,4,13-16,18-19H2,1-3H3,(H,28,31). The van der Waals surface area contributed by atoms with Gasteiger partial charge in [0.15, 0.2) is 6.10 Å². The first kappa shape index (κ1) is 23.8. The van der Waals surface area contributed by atoms with E-state index in [2.05, 4.69) is 46.3 Å². The summed E-state index contributed by atoms with van der Waals surface area (Å²) in [5.74, 6) is 0.237. The molecule has 1 unspecified atom stereocenters. The second-order valence-corrected chi connectivity index (χ2v) is 8.59. The normalized spacial score (nSPS) is 15.8. The summed E-state index contributed by atoms with van der Waals surface area (Å²) in [6.07, 6.45) is -0.668. The molecule has 1 heterocycles. The second kappa shape index (κ2) is 11.7. The zero-order valence-corrected chi connectivity index (χ0v) is 19.4. The highest BCUT2D eigenvalue weighted by molar-refractivity contribution is 5.81. The van der Waals surface area contributed by atoms with Crippen LogP contribution in [0.1, 0.15) is 37.5 Å². The lowest BCUT2D eigenvalue weighted by Crippen LogP contribution is -2.45. The van der Waals surface area contributed by atoms with Crippen molar-refractivity contribution in [2.75, 3.05) is 32.7 Å².